The molecule has 21 heavy (non-hydrogen) atoms. The van der Waals surface area contributed by atoms with E-state index in [2.05, 4.69) is 15.4 Å². The maximum Gasteiger partial charge on any atom is 0.393 e. The van der Waals surface area contributed by atoms with Gasteiger partial charge in [0.1, 0.15) is 0 Å². The number of halogens is 3. The van der Waals surface area contributed by atoms with Crippen molar-refractivity contribution in [3.05, 3.63) is 0 Å². The maximum atomic E-state index is 12.5. The second-order valence-electron chi connectivity index (χ2n) is 4.88. The van der Waals surface area contributed by atoms with Crippen LogP contribution < -0.4 is 15.4 Å². The monoisotopic (exact) mass is 331 g/mol. The molecule has 0 aliphatic carbocycles. The second-order valence-corrected chi connectivity index (χ2v) is 6.81. The van der Waals surface area contributed by atoms with Crippen LogP contribution in [0.2, 0.25) is 0 Å². The van der Waals surface area contributed by atoms with E-state index in [1.165, 1.54) is 0 Å². The van der Waals surface area contributed by atoms with E-state index >= 15 is 0 Å². The minimum Gasteiger partial charge on any atom is -0.354 e. The highest BCUT2D eigenvalue weighted by Gasteiger charge is 2.42. The number of amides is 1. The number of hydrogen-bond acceptors (Lipinski definition) is 4. The van der Waals surface area contributed by atoms with Crippen LogP contribution in [0, 0.1) is 5.92 Å². The number of sulfonamides is 1. The van der Waals surface area contributed by atoms with Gasteiger partial charge >= 0.3 is 6.18 Å². The van der Waals surface area contributed by atoms with Crippen molar-refractivity contribution in [1.82, 2.24) is 15.4 Å². The van der Waals surface area contributed by atoms with Gasteiger partial charge in [-0.2, -0.15) is 13.2 Å². The number of rotatable bonds is 6. The SMILES string of the molecule is CCNS(=O)(=O)CCNC(=O)C1CCC(C(F)(F)F)CN1. The number of carbonyl (C=O) groups is 1. The molecule has 3 N–H and O–H groups in total. The molecule has 124 valence electrons. The Morgan fingerprint density at radius 2 is 2.00 bits per heavy atom. The van der Waals surface area contributed by atoms with Crippen molar-refractivity contribution in [2.45, 2.75) is 32.0 Å². The Morgan fingerprint density at radius 3 is 2.48 bits per heavy atom. The molecule has 10 heteroatoms. The molecule has 1 fully saturated rings. The molecular formula is C11H20F3N3O3S. The molecule has 0 aromatic heterocycles. The molecule has 0 aromatic carbocycles. The van der Waals surface area contributed by atoms with Gasteiger partial charge in [0, 0.05) is 19.6 Å². The van der Waals surface area contributed by atoms with Crippen molar-refractivity contribution in [1.29, 1.82) is 0 Å². The van der Waals surface area contributed by atoms with Crippen LogP contribution in [0.15, 0.2) is 0 Å². The van der Waals surface area contributed by atoms with Gasteiger partial charge in [0.05, 0.1) is 17.7 Å². The Morgan fingerprint density at radius 1 is 1.33 bits per heavy atom. The zero-order chi connectivity index (χ0) is 16.1. The van der Waals surface area contributed by atoms with Crippen LogP contribution >= 0.6 is 0 Å². The highest BCUT2D eigenvalue weighted by atomic mass is 32.2. The van der Waals surface area contributed by atoms with Crippen LogP contribution in [0.3, 0.4) is 0 Å². The highest BCUT2D eigenvalue weighted by Crippen LogP contribution is 2.31. The van der Waals surface area contributed by atoms with Gasteiger partial charge < -0.3 is 10.6 Å². The molecule has 1 heterocycles. The summed E-state index contributed by atoms with van der Waals surface area (Å²) in [5.41, 5.74) is 0. The van der Waals surface area contributed by atoms with E-state index in [9.17, 15) is 26.4 Å². The third-order valence-corrected chi connectivity index (χ3v) is 4.70. The molecule has 0 spiro atoms. The van der Waals surface area contributed by atoms with Crippen LogP contribution in [0.1, 0.15) is 19.8 Å². The smallest absolute Gasteiger partial charge is 0.354 e. The Kier molecular flexibility index (Phi) is 6.41. The van der Waals surface area contributed by atoms with E-state index in [-0.39, 0.29) is 38.2 Å². The van der Waals surface area contributed by atoms with Crippen molar-refractivity contribution >= 4 is 15.9 Å². The molecule has 0 saturated carbocycles. The quantitative estimate of drug-likeness (QED) is 0.638. The van der Waals surface area contributed by atoms with Gasteiger partial charge in [-0.15, -0.1) is 0 Å². The molecule has 1 rings (SSSR count). The fourth-order valence-electron chi connectivity index (χ4n) is 2.08. The third-order valence-electron chi connectivity index (χ3n) is 3.23. The molecule has 1 aliphatic heterocycles. The van der Waals surface area contributed by atoms with E-state index < -0.39 is 34.1 Å². The standard InChI is InChI=1S/C11H20F3N3O3S/c1-2-17-21(19,20)6-5-15-10(18)9-4-3-8(7-16-9)11(12,13)14/h8-9,16-17H,2-7H2,1H3,(H,15,18). The van der Waals surface area contributed by atoms with Crippen LogP contribution in [0.4, 0.5) is 13.2 Å². The molecular weight excluding hydrogens is 311 g/mol. The Bertz CT molecular complexity index is 445. The van der Waals surface area contributed by atoms with E-state index in [0.717, 1.165) is 0 Å². The largest absolute Gasteiger partial charge is 0.393 e. The van der Waals surface area contributed by atoms with Crippen LogP contribution in [-0.4, -0.2) is 51.9 Å². The zero-order valence-electron chi connectivity index (χ0n) is 11.7. The Balaban J connectivity index is 2.32. The first-order valence-corrected chi connectivity index (χ1v) is 8.36. The van der Waals surface area contributed by atoms with Gasteiger partial charge in [-0.25, -0.2) is 13.1 Å². The summed E-state index contributed by atoms with van der Waals surface area (Å²) < 4.78 is 62.3. The lowest BCUT2D eigenvalue weighted by molar-refractivity contribution is -0.180. The molecule has 6 nitrogen and oxygen atoms in total. The number of carbonyl (C=O) groups excluding carboxylic acids is 1. The molecule has 2 atom stereocenters. The molecule has 1 aliphatic rings. The second kappa shape index (κ2) is 7.41. The average molecular weight is 331 g/mol. The lowest BCUT2D eigenvalue weighted by atomic mass is 9.94. The van der Waals surface area contributed by atoms with Crippen molar-refractivity contribution in [3.63, 3.8) is 0 Å². The van der Waals surface area contributed by atoms with Crippen LogP contribution in [0.5, 0.6) is 0 Å². The van der Waals surface area contributed by atoms with E-state index in [1.807, 2.05) is 0 Å². The van der Waals surface area contributed by atoms with Crippen molar-refractivity contribution < 1.29 is 26.4 Å². The Hall–Kier alpha value is -0.870. The number of piperidine rings is 1. The fourth-order valence-corrected chi connectivity index (χ4v) is 3.04. The lowest BCUT2D eigenvalue weighted by Crippen LogP contribution is -2.52. The summed E-state index contributed by atoms with van der Waals surface area (Å²) in [6, 6.07) is -0.703. The van der Waals surface area contributed by atoms with E-state index in [0.29, 0.717) is 0 Å². The lowest BCUT2D eigenvalue weighted by Gasteiger charge is -2.30. The van der Waals surface area contributed by atoms with Crippen molar-refractivity contribution in [2.75, 3.05) is 25.4 Å². The summed E-state index contributed by atoms with van der Waals surface area (Å²) in [6.07, 6.45) is -4.28. The summed E-state index contributed by atoms with van der Waals surface area (Å²) in [5, 5.41) is 4.97. The predicted molar refractivity (Wildman–Crippen MR) is 71.0 cm³/mol. The average Bonchev–Trinajstić information content (AvgIpc) is 2.37. The van der Waals surface area contributed by atoms with Gasteiger partial charge in [-0.1, -0.05) is 6.92 Å². The summed E-state index contributed by atoms with van der Waals surface area (Å²) >= 11 is 0. The zero-order valence-corrected chi connectivity index (χ0v) is 12.5. The first-order valence-electron chi connectivity index (χ1n) is 6.71. The Labute approximate surface area is 121 Å². The number of alkyl halides is 3. The molecule has 2 unspecified atom stereocenters. The number of nitrogens with one attached hydrogen (secondary N) is 3. The minimum atomic E-state index is -4.26. The topological polar surface area (TPSA) is 87.3 Å². The van der Waals surface area contributed by atoms with Crippen LogP contribution in [0.25, 0.3) is 0 Å². The van der Waals surface area contributed by atoms with Gasteiger partial charge in [-0.05, 0) is 12.8 Å². The maximum absolute atomic E-state index is 12.5. The molecule has 0 bridgehead atoms. The van der Waals surface area contributed by atoms with Gasteiger partial charge in [0.2, 0.25) is 15.9 Å². The summed E-state index contributed by atoms with van der Waals surface area (Å²) in [4.78, 5) is 11.7. The molecule has 0 radical (unpaired) electrons. The predicted octanol–water partition coefficient (Wildman–Crippen LogP) is -0.0276. The summed E-state index contributed by atoms with van der Waals surface area (Å²) in [7, 11) is -3.42. The van der Waals surface area contributed by atoms with E-state index in [4.69, 9.17) is 0 Å². The van der Waals surface area contributed by atoms with E-state index in [1.54, 1.807) is 6.92 Å². The first-order chi connectivity index (χ1) is 9.65. The summed E-state index contributed by atoms with van der Waals surface area (Å²) in [6.45, 7) is 1.53. The first kappa shape index (κ1) is 18.2. The molecule has 1 amide bonds. The molecule has 1 saturated heterocycles. The normalized spacial score (nSPS) is 23.8. The summed E-state index contributed by atoms with van der Waals surface area (Å²) in [5.74, 6) is -2.16. The third kappa shape index (κ3) is 6.18. The highest BCUT2D eigenvalue weighted by molar-refractivity contribution is 7.89. The van der Waals surface area contributed by atoms with Gasteiger partial charge in [0.15, 0.2) is 0 Å². The van der Waals surface area contributed by atoms with Gasteiger partial charge in [0.25, 0.3) is 0 Å². The molecule has 0 aromatic rings. The van der Waals surface area contributed by atoms with Gasteiger partial charge in [-0.3, -0.25) is 4.79 Å². The van der Waals surface area contributed by atoms with Crippen molar-refractivity contribution in [3.8, 4) is 0 Å². The minimum absolute atomic E-state index is 0.0744. The van der Waals surface area contributed by atoms with Crippen molar-refractivity contribution in [2.24, 2.45) is 5.92 Å². The fraction of sp³-hybridized carbons (Fsp3) is 0.909. The number of hydrogen-bond donors (Lipinski definition) is 3. The van der Waals surface area contributed by atoms with Crippen LogP contribution in [-0.2, 0) is 14.8 Å².